The highest BCUT2D eigenvalue weighted by molar-refractivity contribution is 6.32. The lowest BCUT2D eigenvalue weighted by Gasteiger charge is -2.26. The van der Waals surface area contributed by atoms with E-state index in [1.807, 2.05) is 18.2 Å². The van der Waals surface area contributed by atoms with Gasteiger partial charge in [-0.3, -0.25) is 9.69 Å². The Bertz CT molecular complexity index is 1340. The molecule has 0 atom stereocenters. The number of hydrogen-bond acceptors (Lipinski definition) is 6. The Kier molecular flexibility index (Phi) is 6.22. The van der Waals surface area contributed by atoms with Gasteiger partial charge in [-0.1, -0.05) is 11.6 Å². The Morgan fingerprint density at radius 3 is 2.76 bits per heavy atom. The van der Waals surface area contributed by atoms with E-state index in [4.69, 9.17) is 25.8 Å². The van der Waals surface area contributed by atoms with E-state index in [1.165, 1.54) is 0 Å². The maximum Gasteiger partial charge on any atom is 0.259 e. The van der Waals surface area contributed by atoms with Gasteiger partial charge in [-0.15, -0.1) is 0 Å². The molecule has 1 N–H and O–H groups in total. The van der Waals surface area contributed by atoms with Gasteiger partial charge in [0.2, 0.25) is 0 Å². The highest BCUT2D eigenvalue weighted by Crippen LogP contribution is 2.28. The van der Waals surface area contributed by atoms with Crippen LogP contribution in [-0.4, -0.2) is 66.2 Å². The number of fused-ring (bicyclic) bond motifs is 3. The Balaban J connectivity index is 1.39. The number of rotatable bonds is 7. The van der Waals surface area contributed by atoms with Crippen LogP contribution in [0.5, 0.6) is 11.5 Å². The summed E-state index contributed by atoms with van der Waals surface area (Å²) in [5.41, 5.74) is 1.71. The highest BCUT2D eigenvalue weighted by atomic mass is 35.5. The molecule has 0 spiro atoms. The smallest absolute Gasteiger partial charge is 0.259 e. The normalized spacial score (nSPS) is 14.7. The van der Waals surface area contributed by atoms with Crippen LogP contribution < -0.4 is 15.0 Å². The zero-order valence-corrected chi connectivity index (χ0v) is 19.1. The van der Waals surface area contributed by atoms with Crippen molar-refractivity contribution in [2.45, 2.75) is 6.42 Å². The number of nitrogens with zero attached hydrogens (tertiary/aromatic N) is 3. The SMILES string of the molecule is COc1ccc(Cl)c(-n2cc3c(=O)[nH]c4cc(OCCCN5CCOCC5)ccc4c3n2)c1. The summed E-state index contributed by atoms with van der Waals surface area (Å²) in [5, 5.41) is 6.50. The van der Waals surface area contributed by atoms with Crippen LogP contribution in [0.4, 0.5) is 0 Å². The molecule has 0 unspecified atom stereocenters. The molecule has 33 heavy (non-hydrogen) atoms. The number of ether oxygens (including phenoxy) is 3. The van der Waals surface area contributed by atoms with Gasteiger partial charge in [0.05, 0.1) is 48.5 Å². The summed E-state index contributed by atoms with van der Waals surface area (Å²) in [7, 11) is 1.59. The number of pyridine rings is 1. The van der Waals surface area contributed by atoms with Gasteiger partial charge in [0.15, 0.2) is 0 Å². The summed E-state index contributed by atoms with van der Waals surface area (Å²) in [5.74, 6) is 1.37. The molecular formula is C24H25ClN4O4. The van der Waals surface area contributed by atoms with Crippen molar-refractivity contribution in [3.8, 4) is 17.2 Å². The van der Waals surface area contributed by atoms with E-state index in [0.717, 1.165) is 50.4 Å². The standard InChI is InChI=1S/C24H25ClN4O4/c1-31-16-4-6-20(25)22(14-16)29-15-19-23(27-29)18-5-3-17(13-21(18)26-24(19)30)33-10-2-7-28-8-11-32-12-9-28/h3-6,13-15H,2,7-12H2,1H3,(H,26,30). The number of hydrogen-bond donors (Lipinski definition) is 1. The molecule has 172 valence electrons. The Morgan fingerprint density at radius 2 is 1.94 bits per heavy atom. The van der Waals surface area contributed by atoms with E-state index < -0.39 is 0 Å². The van der Waals surface area contributed by atoms with Gasteiger partial charge < -0.3 is 19.2 Å². The number of methoxy groups -OCH3 is 1. The number of benzene rings is 2. The number of nitrogens with one attached hydrogen (secondary N) is 1. The van der Waals surface area contributed by atoms with Crippen molar-refractivity contribution < 1.29 is 14.2 Å². The van der Waals surface area contributed by atoms with E-state index in [1.54, 1.807) is 36.2 Å². The minimum atomic E-state index is -0.216. The van der Waals surface area contributed by atoms with E-state index in [-0.39, 0.29) is 5.56 Å². The molecule has 0 amide bonds. The molecule has 0 bridgehead atoms. The highest BCUT2D eigenvalue weighted by Gasteiger charge is 2.14. The van der Waals surface area contributed by atoms with Crippen molar-refractivity contribution in [2.75, 3.05) is 46.6 Å². The van der Waals surface area contributed by atoms with Crippen molar-refractivity contribution in [2.24, 2.45) is 0 Å². The first kappa shape index (κ1) is 21.8. The zero-order valence-electron chi connectivity index (χ0n) is 18.3. The van der Waals surface area contributed by atoms with Crippen LogP contribution in [0.15, 0.2) is 47.4 Å². The third-order valence-corrected chi connectivity index (χ3v) is 6.16. The lowest BCUT2D eigenvalue weighted by molar-refractivity contribution is 0.0358. The number of aromatic nitrogens is 3. The van der Waals surface area contributed by atoms with E-state index in [2.05, 4.69) is 15.0 Å². The van der Waals surface area contributed by atoms with E-state index >= 15 is 0 Å². The van der Waals surface area contributed by atoms with E-state index in [9.17, 15) is 4.79 Å². The first-order chi connectivity index (χ1) is 16.1. The summed E-state index contributed by atoms with van der Waals surface area (Å²) in [6.45, 7) is 5.14. The fraction of sp³-hybridized carbons (Fsp3) is 0.333. The fourth-order valence-corrected chi connectivity index (χ4v) is 4.28. The van der Waals surface area contributed by atoms with Crippen LogP contribution in [0.2, 0.25) is 5.02 Å². The molecule has 9 heteroatoms. The van der Waals surface area contributed by atoms with Gasteiger partial charge in [0.25, 0.3) is 5.56 Å². The summed E-state index contributed by atoms with van der Waals surface area (Å²) in [6, 6.07) is 11.0. The molecule has 0 saturated carbocycles. The Morgan fingerprint density at radius 1 is 1.12 bits per heavy atom. The zero-order chi connectivity index (χ0) is 22.8. The summed E-state index contributed by atoms with van der Waals surface area (Å²) < 4.78 is 18.2. The summed E-state index contributed by atoms with van der Waals surface area (Å²) in [4.78, 5) is 18.1. The first-order valence-corrected chi connectivity index (χ1v) is 11.3. The first-order valence-electron chi connectivity index (χ1n) is 10.9. The predicted molar refractivity (Wildman–Crippen MR) is 128 cm³/mol. The molecule has 5 rings (SSSR count). The number of morpholine rings is 1. The molecule has 1 saturated heterocycles. The van der Waals surface area contributed by atoms with Crippen molar-refractivity contribution in [1.82, 2.24) is 19.7 Å². The molecule has 1 fully saturated rings. The van der Waals surface area contributed by atoms with Gasteiger partial charge in [-0.25, -0.2) is 4.68 Å². The minimum absolute atomic E-state index is 0.216. The molecule has 8 nitrogen and oxygen atoms in total. The number of H-pyrrole nitrogens is 1. The predicted octanol–water partition coefficient (Wildman–Crippen LogP) is 3.63. The second-order valence-corrected chi connectivity index (χ2v) is 8.38. The molecule has 4 aromatic rings. The third kappa shape index (κ3) is 4.55. The van der Waals surface area contributed by atoms with Crippen LogP contribution >= 0.6 is 11.6 Å². The maximum atomic E-state index is 12.8. The third-order valence-electron chi connectivity index (χ3n) is 5.84. The van der Waals surface area contributed by atoms with Gasteiger partial charge in [0, 0.05) is 43.4 Å². The molecule has 0 aliphatic carbocycles. The molecule has 3 heterocycles. The van der Waals surface area contributed by atoms with Gasteiger partial charge in [-0.2, -0.15) is 5.10 Å². The average molecular weight is 469 g/mol. The number of aromatic amines is 1. The molecule has 2 aromatic heterocycles. The van der Waals surface area contributed by atoms with Gasteiger partial charge in [0.1, 0.15) is 17.0 Å². The topological polar surface area (TPSA) is 81.6 Å². The van der Waals surface area contributed by atoms with Crippen LogP contribution in [0.1, 0.15) is 6.42 Å². The largest absolute Gasteiger partial charge is 0.497 e. The monoisotopic (exact) mass is 468 g/mol. The van der Waals surface area contributed by atoms with Crippen molar-refractivity contribution in [1.29, 1.82) is 0 Å². The van der Waals surface area contributed by atoms with Crippen LogP contribution in [0, 0.1) is 0 Å². The second-order valence-electron chi connectivity index (χ2n) is 7.97. The van der Waals surface area contributed by atoms with Gasteiger partial charge in [-0.05, 0) is 30.7 Å². The lowest BCUT2D eigenvalue weighted by Crippen LogP contribution is -2.37. The lowest BCUT2D eigenvalue weighted by atomic mass is 10.1. The molecule has 1 aliphatic rings. The van der Waals surface area contributed by atoms with Crippen LogP contribution in [-0.2, 0) is 4.74 Å². The van der Waals surface area contributed by atoms with Crippen molar-refractivity contribution in [3.05, 3.63) is 58.0 Å². The molecule has 0 radical (unpaired) electrons. The van der Waals surface area contributed by atoms with E-state index in [0.29, 0.717) is 39.5 Å². The maximum absolute atomic E-state index is 12.8. The average Bonchev–Trinajstić information content (AvgIpc) is 3.29. The van der Waals surface area contributed by atoms with Gasteiger partial charge >= 0.3 is 0 Å². The van der Waals surface area contributed by atoms with Crippen molar-refractivity contribution in [3.63, 3.8) is 0 Å². The summed E-state index contributed by atoms with van der Waals surface area (Å²) >= 11 is 6.38. The number of halogens is 1. The second kappa shape index (κ2) is 9.43. The molecular weight excluding hydrogens is 444 g/mol. The molecule has 1 aliphatic heterocycles. The quantitative estimate of drug-likeness (QED) is 0.417. The Labute approximate surface area is 195 Å². The van der Waals surface area contributed by atoms with Crippen molar-refractivity contribution >= 4 is 33.4 Å². The fourth-order valence-electron chi connectivity index (χ4n) is 4.07. The van der Waals surface area contributed by atoms with Crippen LogP contribution in [0.25, 0.3) is 27.5 Å². The Hall–Kier alpha value is -3.07. The molecule has 2 aromatic carbocycles. The van der Waals surface area contributed by atoms with Crippen LogP contribution in [0.3, 0.4) is 0 Å². The minimum Gasteiger partial charge on any atom is -0.497 e. The summed E-state index contributed by atoms with van der Waals surface area (Å²) in [6.07, 6.45) is 2.61.